The molecule has 1 aliphatic heterocycles. The molecule has 1 heterocycles. The molecule has 0 spiro atoms. The van der Waals surface area contributed by atoms with Crippen molar-refractivity contribution in [3.8, 4) is 0 Å². The van der Waals surface area contributed by atoms with Gasteiger partial charge in [-0.05, 0) is 25.7 Å². The molecule has 5 heteroatoms. The van der Waals surface area contributed by atoms with E-state index in [2.05, 4.69) is 24.1 Å². The van der Waals surface area contributed by atoms with Gasteiger partial charge in [0.15, 0.2) is 6.54 Å². The first kappa shape index (κ1) is 28.6. The fraction of sp³-hybridized carbons (Fsp3) is 0.778. The molecule has 0 fully saturated rings. The third-order valence-corrected chi connectivity index (χ3v) is 6.46. The number of quaternary nitrogens is 1. The Labute approximate surface area is 197 Å². The number of allylic oxidation sites excluding steroid dienone is 2. The maximum atomic E-state index is 11.3. The molecule has 0 saturated carbocycles. The summed E-state index contributed by atoms with van der Waals surface area (Å²) < 4.78 is 0.308. The minimum absolute atomic E-state index is 0.0448. The monoisotopic (exact) mass is 448 g/mol. The van der Waals surface area contributed by atoms with Gasteiger partial charge in [0.25, 0.3) is 0 Å². The molecule has 184 valence electrons. The molecule has 1 aliphatic rings. The number of hydrogen-bond acceptors (Lipinski definition) is 3. The van der Waals surface area contributed by atoms with Gasteiger partial charge in [0, 0.05) is 13.0 Å². The smallest absolute Gasteiger partial charge is 0.360 e. The third-order valence-electron chi connectivity index (χ3n) is 6.46. The molecule has 0 aromatic carbocycles. The van der Waals surface area contributed by atoms with Crippen molar-refractivity contribution in [2.45, 2.75) is 116 Å². The van der Waals surface area contributed by atoms with Crippen molar-refractivity contribution in [2.24, 2.45) is 10.7 Å². The molecule has 0 saturated heterocycles. The number of carboxylic acid groups (broad SMARTS) is 1. The minimum atomic E-state index is -0.798. The predicted molar refractivity (Wildman–Crippen MR) is 137 cm³/mol. The van der Waals surface area contributed by atoms with Gasteiger partial charge < -0.3 is 10.8 Å². The lowest BCUT2D eigenvalue weighted by atomic mass is 10.0. The highest BCUT2D eigenvalue weighted by Crippen LogP contribution is 2.21. The highest BCUT2D eigenvalue weighted by Gasteiger charge is 2.36. The molecule has 0 aliphatic carbocycles. The zero-order valence-electron chi connectivity index (χ0n) is 20.8. The van der Waals surface area contributed by atoms with Crippen molar-refractivity contribution < 1.29 is 14.4 Å². The second-order valence-corrected chi connectivity index (χ2v) is 9.31. The number of nitrogens with two attached hydrogens (primary N) is 1. The van der Waals surface area contributed by atoms with E-state index < -0.39 is 5.97 Å². The Kier molecular flexibility index (Phi) is 17.0. The summed E-state index contributed by atoms with van der Waals surface area (Å²) in [6.07, 6.45) is 30.3. The molecule has 0 aromatic heterocycles. The van der Waals surface area contributed by atoms with Gasteiger partial charge in [0.2, 0.25) is 5.84 Å². The average molecular weight is 449 g/mol. The number of rotatable bonds is 22. The van der Waals surface area contributed by atoms with E-state index in [0.29, 0.717) is 17.6 Å². The highest BCUT2D eigenvalue weighted by atomic mass is 16.4. The van der Waals surface area contributed by atoms with Crippen LogP contribution in [-0.2, 0) is 4.79 Å². The number of aliphatic carboxylic acids is 1. The quantitative estimate of drug-likeness (QED) is 0.107. The van der Waals surface area contributed by atoms with E-state index in [1.54, 1.807) is 6.20 Å². The number of unbranched alkanes of at least 4 members (excludes halogenated alkanes) is 14. The van der Waals surface area contributed by atoms with E-state index in [1.807, 2.05) is 6.20 Å². The van der Waals surface area contributed by atoms with Crippen molar-refractivity contribution >= 4 is 11.8 Å². The Morgan fingerprint density at radius 2 is 1.44 bits per heavy atom. The topological polar surface area (TPSA) is 75.7 Å². The van der Waals surface area contributed by atoms with E-state index in [-0.39, 0.29) is 6.54 Å². The van der Waals surface area contributed by atoms with Crippen LogP contribution >= 0.6 is 0 Å². The Balaban J connectivity index is 1.92. The SMILES string of the molecule is CC/C=C/CCCCCCCCCCCCCCCCC1=NC=C[N+]1(CCN)CC(=O)O. The Bertz CT molecular complexity index is 571. The van der Waals surface area contributed by atoms with Crippen LogP contribution in [0.1, 0.15) is 116 Å². The van der Waals surface area contributed by atoms with Crippen LogP contribution in [0, 0.1) is 0 Å². The zero-order valence-corrected chi connectivity index (χ0v) is 20.8. The van der Waals surface area contributed by atoms with E-state index in [0.717, 1.165) is 18.7 Å². The summed E-state index contributed by atoms with van der Waals surface area (Å²) >= 11 is 0. The van der Waals surface area contributed by atoms with Crippen molar-refractivity contribution in [3.63, 3.8) is 0 Å². The molecule has 0 radical (unpaired) electrons. The summed E-state index contributed by atoms with van der Waals surface area (Å²) in [5, 5.41) is 9.26. The van der Waals surface area contributed by atoms with E-state index in [9.17, 15) is 9.90 Å². The molecule has 1 rings (SSSR count). The molecule has 0 aromatic rings. The summed E-state index contributed by atoms with van der Waals surface area (Å²) in [5.74, 6) is 0.166. The van der Waals surface area contributed by atoms with Gasteiger partial charge in [0.1, 0.15) is 12.7 Å². The van der Waals surface area contributed by atoms with Crippen LogP contribution in [0.25, 0.3) is 0 Å². The maximum Gasteiger partial charge on any atom is 0.360 e. The fourth-order valence-electron chi connectivity index (χ4n) is 4.58. The van der Waals surface area contributed by atoms with Crippen LogP contribution in [0.15, 0.2) is 29.5 Å². The van der Waals surface area contributed by atoms with E-state index >= 15 is 0 Å². The van der Waals surface area contributed by atoms with E-state index in [1.165, 1.54) is 96.3 Å². The van der Waals surface area contributed by atoms with E-state index in [4.69, 9.17) is 5.73 Å². The van der Waals surface area contributed by atoms with Crippen LogP contribution in [0.3, 0.4) is 0 Å². The first-order chi connectivity index (χ1) is 15.6. The van der Waals surface area contributed by atoms with Crippen molar-refractivity contribution in [1.29, 1.82) is 0 Å². The molecule has 32 heavy (non-hydrogen) atoms. The molecular weight excluding hydrogens is 398 g/mol. The molecule has 1 atom stereocenters. The van der Waals surface area contributed by atoms with Gasteiger partial charge in [-0.1, -0.05) is 96.1 Å². The van der Waals surface area contributed by atoms with Crippen LogP contribution < -0.4 is 5.73 Å². The molecule has 0 bridgehead atoms. The summed E-state index contributed by atoms with van der Waals surface area (Å²) in [4.78, 5) is 15.7. The Morgan fingerprint density at radius 1 is 0.906 bits per heavy atom. The normalized spacial score (nSPS) is 18.0. The van der Waals surface area contributed by atoms with Gasteiger partial charge in [0.05, 0.1) is 6.20 Å². The Hall–Kier alpha value is -1.46. The van der Waals surface area contributed by atoms with Crippen molar-refractivity contribution in [2.75, 3.05) is 19.6 Å². The third kappa shape index (κ3) is 13.2. The Morgan fingerprint density at radius 3 is 1.94 bits per heavy atom. The fourth-order valence-corrected chi connectivity index (χ4v) is 4.58. The lowest BCUT2D eigenvalue weighted by Gasteiger charge is -2.30. The van der Waals surface area contributed by atoms with Crippen LogP contribution in [0.4, 0.5) is 0 Å². The summed E-state index contributed by atoms with van der Waals surface area (Å²) in [5.41, 5.74) is 5.73. The van der Waals surface area contributed by atoms with Gasteiger partial charge in [-0.2, -0.15) is 0 Å². The number of carboxylic acids is 1. The largest absolute Gasteiger partial charge is 0.477 e. The van der Waals surface area contributed by atoms with Gasteiger partial charge in [-0.15, -0.1) is 0 Å². The lowest BCUT2D eigenvalue weighted by Crippen LogP contribution is -2.52. The molecule has 1 unspecified atom stereocenters. The summed E-state index contributed by atoms with van der Waals surface area (Å²) in [6.45, 7) is 3.32. The first-order valence-electron chi connectivity index (χ1n) is 13.3. The molecular formula is C27H50N3O2+. The average Bonchev–Trinajstić information content (AvgIpc) is 3.14. The van der Waals surface area contributed by atoms with Crippen molar-refractivity contribution in [3.05, 3.63) is 24.6 Å². The first-order valence-corrected chi connectivity index (χ1v) is 13.3. The summed E-state index contributed by atoms with van der Waals surface area (Å²) in [7, 11) is 0. The number of aliphatic imine (C=N–C) groups is 1. The standard InChI is InChI=1S/C27H49N3O2/c1-2-3-4-5-6-7-8-9-10-11-12-13-14-15-16-17-18-19-20-26-29-22-24-30(26,23-21-28)25-27(31)32/h3-4,22,24H,2,5-21,23,25,28H2,1H3/p+1/b4-3+. The molecule has 3 N–H and O–H groups in total. The molecule has 5 nitrogen and oxygen atoms in total. The molecule has 0 amide bonds. The predicted octanol–water partition coefficient (Wildman–Crippen LogP) is 6.94. The number of hydrogen-bond donors (Lipinski definition) is 2. The van der Waals surface area contributed by atoms with Gasteiger partial charge in [-0.25, -0.2) is 14.3 Å². The van der Waals surface area contributed by atoms with Gasteiger partial charge >= 0.3 is 5.97 Å². The maximum absolute atomic E-state index is 11.3. The van der Waals surface area contributed by atoms with Crippen LogP contribution in [0.5, 0.6) is 0 Å². The zero-order chi connectivity index (χ0) is 23.3. The van der Waals surface area contributed by atoms with Crippen molar-refractivity contribution in [1.82, 2.24) is 0 Å². The lowest BCUT2D eigenvalue weighted by molar-refractivity contribution is -0.778. The second kappa shape index (κ2) is 19.0. The number of nitrogens with zero attached hydrogens (tertiary/aromatic N) is 2. The second-order valence-electron chi connectivity index (χ2n) is 9.31. The highest BCUT2D eigenvalue weighted by molar-refractivity contribution is 5.81. The number of carbonyl (C=O) groups is 1. The minimum Gasteiger partial charge on any atom is -0.477 e. The number of amidine groups is 1. The van der Waals surface area contributed by atoms with Gasteiger partial charge in [-0.3, -0.25) is 0 Å². The van der Waals surface area contributed by atoms with Crippen LogP contribution in [0.2, 0.25) is 0 Å². The van der Waals surface area contributed by atoms with Crippen LogP contribution in [-0.4, -0.2) is 41.0 Å². The summed E-state index contributed by atoms with van der Waals surface area (Å²) in [6, 6.07) is 0.